The number of ether oxygens (including phenoxy) is 1. The van der Waals surface area contributed by atoms with Gasteiger partial charge in [-0.25, -0.2) is 0 Å². The standard InChI is InChI=1S/C15H20O2S/c1-13(2)18-11-10-17-15-8-5-7-14(12-15)6-3-4-9-16/h5,7-8,12-13,16H,4,9-11H2,1-2H3. The molecule has 0 atom stereocenters. The molecule has 0 unspecified atom stereocenters. The number of benzene rings is 1. The maximum atomic E-state index is 8.66. The lowest BCUT2D eigenvalue weighted by molar-refractivity contribution is 0.305. The second kappa shape index (κ2) is 8.91. The zero-order chi connectivity index (χ0) is 13.2. The summed E-state index contributed by atoms with van der Waals surface area (Å²) in [6.45, 7) is 5.19. The van der Waals surface area contributed by atoms with Gasteiger partial charge in [0.1, 0.15) is 5.75 Å². The average molecular weight is 264 g/mol. The summed E-state index contributed by atoms with van der Waals surface area (Å²) in [7, 11) is 0. The molecule has 0 aromatic heterocycles. The van der Waals surface area contributed by atoms with Gasteiger partial charge < -0.3 is 9.84 Å². The van der Waals surface area contributed by atoms with Gasteiger partial charge in [0.2, 0.25) is 0 Å². The van der Waals surface area contributed by atoms with Crippen LogP contribution in [0.2, 0.25) is 0 Å². The number of thioether (sulfide) groups is 1. The SMILES string of the molecule is CC(C)SCCOc1cccc(C#CCCO)c1. The fourth-order valence-corrected chi connectivity index (χ4v) is 1.98. The lowest BCUT2D eigenvalue weighted by Gasteiger charge is -2.07. The van der Waals surface area contributed by atoms with Gasteiger partial charge in [-0.1, -0.05) is 31.8 Å². The number of aliphatic hydroxyl groups excluding tert-OH is 1. The Balaban J connectivity index is 2.42. The van der Waals surface area contributed by atoms with Gasteiger partial charge in [-0.15, -0.1) is 0 Å². The van der Waals surface area contributed by atoms with E-state index in [-0.39, 0.29) is 6.61 Å². The summed E-state index contributed by atoms with van der Waals surface area (Å²) in [6, 6.07) is 7.76. The van der Waals surface area contributed by atoms with Gasteiger partial charge in [0.05, 0.1) is 13.2 Å². The normalized spacial score (nSPS) is 10.0. The van der Waals surface area contributed by atoms with E-state index in [1.807, 2.05) is 36.0 Å². The van der Waals surface area contributed by atoms with Crippen LogP contribution in [-0.4, -0.2) is 29.3 Å². The molecule has 0 fully saturated rings. The maximum Gasteiger partial charge on any atom is 0.120 e. The molecule has 1 rings (SSSR count). The Labute approximate surface area is 114 Å². The van der Waals surface area contributed by atoms with Crippen LogP contribution in [0, 0.1) is 11.8 Å². The summed E-state index contributed by atoms with van der Waals surface area (Å²) in [5.41, 5.74) is 0.928. The summed E-state index contributed by atoms with van der Waals surface area (Å²) in [5.74, 6) is 7.76. The summed E-state index contributed by atoms with van der Waals surface area (Å²) in [5, 5.41) is 9.30. The van der Waals surface area contributed by atoms with Crippen LogP contribution in [0.25, 0.3) is 0 Å². The van der Waals surface area contributed by atoms with Gasteiger partial charge in [-0.05, 0) is 23.4 Å². The van der Waals surface area contributed by atoms with Gasteiger partial charge in [-0.3, -0.25) is 0 Å². The number of aliphatic hydroxyl groups is 1. The average Bonchev–Trinajstić information content (AvgIpc) is 2.35. The Morgan fingerprint density at radius 2 is 2.22 bits per heavy atom. The third-order valence-electron chi connectivity index (χ3n) is 2.11. The molecule has 0 aliphatic heterocycles. The fraction of sp³-hybridized carbons (Fsp3) is 0.467. The van der Waals surface area contributed by atoms with E-state index in [2.05, 4.69) is 25.7 Å². The minimum Gasteiger partial charge on any atom is -0.493 e. The molecule has 2 nitrogen and oxygen atoms in total. The van der Waals surface area contributed by atoms with Crippen molar-refractivity contribution in [2.24, 2.45) is 0 Å². The van der Waals surface area contributed by atoms with E-state index in [9.17, 15) is 0 Å². The van der Waals surface area contributed by atoms with E-state index < -0.39 is 0 Å². The van der Waals surface area contributed by atoms with Crippen molar-refractivity contribution >= 4 is 11.8 Å². The fourth-order valence-electron chi connectivity index (χ4n) is 1.33. The Hall–Kier alpha value is -1.11. The predicted molar refractivity (Wildman–Crippen MR) is 78.1 cm³/mol. The van der Waals surface area contributed by atoms with Crippen molar-refractivity contribution in [3.8, 4) is 17.6 Å². The molecule has 0 spiro atoms. The first-order valence-electron chi connectivity index (χ1n) is 6.16. The second-order valence-corrected chi connectivity index (χ2v) is 5.76. The number of hydrogen-bond acceptors (Lipinski definition) is 3. The topological polar surface area (TPSA) is 29.5 Å². The molecule has 18 heavy (non-hydrogen) atoms. The largest absolute Gasteiger partial charge is 0.493 e. The predicted octanol–water partition coefficient (Wildman–Crippen LogP) is 2.94. The second-order valence-electron chi connectivity index (χ2n) is 4.07. The molecule has 0 saturated heterocycles. The zero-order valence-corrected chi connectivity index (χ0v) is 11.8. The van der Waals surface area contributed by atoms with Crippen LogP contribution >= 0.6 is 11.8 Å². The van der Waals surface area contributed by atoms with Crippen molar-refractivity contribution in [3.63, 3.8) is 0 Å². The molecule has 0 aliphatic carbocycles. The van der Waals surface area contributed by atoms with Gasteiger partial charge in [0.25, 0.3) is 0 Å². The summed E-state index contributed by atoms with van der Waals surface area (Å²) >= 11 is 1.89. The summed E-state index contributed by atoms with van der Waals surface area (Å²) < 4.78 is 5.67. The zero-order valence-electron chi connectivity index (χ0n) is 11.0. The van der Waals surface area contributed by atoms with Crippen LogP contribution in [0.3, 0.4) is 0 Å². The van der Waals surface area contributed by atoms with Gasteiger partial charge in [0.15, 0.2) is 0 Å². The van der Waals surface area contributed by atoms with Gasteiger partial charge in [-0.2, -0.15) is 11.8 Å². The van der Waals surface area contributed by atoms with E-state index in [1.54, 1.807) is 0 Å². The Morgan fingerprint density at radius 1 is 1.39 bits per heavy atom. The van der Waals surface area contributed by atoms with Gasteiger partial charge >= 0.3 is 0 Å². The lowest BCUT2D eigenvalue weighted by atomic mass is 10.2. The third kappa shape index (κ3) is 6.58. The van der Waals surface area contributed by atoms with E-state index in [4.69, 9.17) is 9.84 Å². The monoisotopic (exact) mass is 264 g/mol. The highest BCUT2D eigenvalue weighted by molar-refractivity contribution is 7.99. The molecular formula is C15H20O2S. The number of rotatable bonds is 6. The molecular weight excluding hydrogens is 244 g/mol. The van der Waals surface area contributed by atoms with Crippen molar-refractivity contribution in [1.29, 1.82) is 0 Å². The highest BCUT2D eigenvalue weighted by Gasteiger charge is 1.97. The van der Waals surface area contributed by atoms with Crippen molar-refractivity contribution < 1.29 is 9.84 Å². The number of hydrogen-bond donors (Lipinski definition) is 1. The van der Waals surface area contributed by atoms with E-state index in [0.717, 1.165) is 23.7 Å². The molecule has 0 saturated carbocycles. The van der Waals surface area contributed by atoms with Crippen molar-refractivity contribution in [2.75, 3.05) is 19.0 Å². The van der Waals surface area contributed by atoms with Crippen LogP contribution in [0.15, 0.2) is 24.3 Å². The minimum absolute atomic E-state index is 0.107. The van der Waals surface area contributed by atoms with Crippen LogP contribution in [0.5, 0.6) is 5.75 Å². The first-order chi connectivity index (χ1) is 8.72. The maximum absolute atomic E-state index is 8.66. The van der Waals surface area contributed by atoms with Crippen LogP contribution < -0.4 is 4.74 Å². The smallest absolute Gasteiger partial charge is 0.120 e. The third-order valence-corrected chi connectivity index (χ3v) is 3.18. The molecule has 0 bridgehead atoms. The summed E-state index contributed by atoms with van der Waals surface area (Å²) in [4.78, 5) is 0. The van der Waals surface area contributed by atoms with Crippen LogP contribution in [-0.2, 0) is 0 Å². The van der Waals surface area contributed by atoms with Crippen molar-refractivity contribution in [3.05, 3.63) is 29.8 Å². The molecule has 1 aromatic carbocycles. The minimum atomic E-state index is 0.107. The quantitative estimate of drug-likeness (QED) is 0.633. The molecule has 1 aromatic rings. The summed E-state index contributed by atoms with van der Waals surface area (Å²) in [6.07, 6.45) is 0.510. The molecule has 98 valence electrons. The molecule has 1 N–H and O–H groups in total. The lowest BCUT2D eigenvalue weighted by Crippen LogP contribution is -2.02. The molecule has 0 aliphatic rings. The molecule has 3 heteroatoms. The first kappa shape index (κ1) is 14.9. The molecule has 0 radical (unpaired) electrons. The van der Waals surface area contributed by atoms with Crippen molar-refractivity contribution in [1.82, 2.24) is 0 Å². The Morgan fingerprint density at radius 3 is 2.94 bits per heavy atom. The molecule has 0 amide bonds. The van der Waals surface area contributed by atoms with Crippen LogP contribution in [0.4, 0.5) is 0 Å². The van der Waals surface area contributed by atoms with E-state index in [0.29, 0.717) is 11.7 Å². The highest BCUT2D eigenvalue weighted by atomic mass is 32.2. The van der Waals surface area contributed by atoms with Crippen molar-refractivity contribution in [2.45, 2.75) is 25.5 Å². The van der Waals surface area contributed by atoms with E-state index >= 15 is 0 Å². The highest BCUT2D eigenvalue weighted by Crippen LogP contribution is 2.14. The Kier molecular flexibility index (Phi) is 7.40. The van der Waals surface area contributed by atoms with Crippen LogP contribution in [0.1, 0.15) is 25.8 Å². The van der Waals surface area contributed by atoms with E-state index in [1.165, 1.54) is 0 Å². The molecule has 0 heterocycles. The Bertz CT molecular complexity index is 404. The first-order valence-corrected chi connectivity index (χ1v) is 7.21. The van der Waals surface area contributed by atoms with Gasteiger partial charge in [0, 0.05) is 17.7 Å².